The molecule has 1 fully saturated rings. The molecule has 1 heterocycles. The monoisotopic (exact) mass is 158 g/mol. The molecular formula is C6H15AlN2O. The standard InChI is InChI=1S/C6H14N2O.Al.H/c1-7-3-4-8-5-6-9-2;;/h3-6H2,1-2H3;;/q-2;+2;. The van der Waals surface area contributed by atoms with Crippen LogP contribution in [0.2, 0.25) is 0 Å². The van der Waals surface area contributed by atoms with E-state index in [9.17, 15) is 0 Å². The summed E-state index contributed by atoms with van der Waals surface area (Å²) in [5.41, 5.74) is 0. The molecule has 1 rings (SSSR count). The Morgan fingerprint density at radius 1 is 1.50 bits per heavy atom. The summed E-state index contributed by atoms with van der Waals surface area (Å²) in [6.45, 7) is 4.54. The maximum atomic E-state index is 5.00. The summed E-state index contributed by atoms with van der Waals surface area (Å²) in [6, 6.07) is 0. The van der Waals surface area contributed by atoms with E-state index in [0.717, 1.165) is 13.2 Å². The van der Waals surface area contributed by atoms with Gasteiger partial charge < -0.3 is 12.5 Å². The predicted octanol–water partition coefficient (Wildman–Crippen LogP) is -0.853. The fraction of sp³-hybridized carbons (Fsp3) is 1.00. The molecule has 10 heavy (non-hydrogen) atoms. The molecule has 0 radical (unpaired) electrons. The third-order valence-electron chi connectivity index (χ3n) is 1.85. The molecule has 0 unspecified atom stereocenters. The topological polar surface area (TPSA) is 15.7 Å². The first-order valence-corrected chi connectivity index (χ1v) is 4.99. The Labute approximate surface area is 69.1 Å². The molecule has 0 aliphatic carbocycles. The first-order chi connectivity index (χ1) is 4.83. The van der Waals surface area contributed by atoms with Crippen molar-refractivity contribution in [2.24, 2.45) is 0 Å². The van der Waals surface area contributed by atoms with Gasteiger partial charge in [-0.1, -0.05) is 0 Å². The van der Waals surface area contributed by atoms with E-state index in [2.05, 4.69) is 14.8 Å². The normalized spacial score (nSPS) is 21.4. The van der Waals surface area contributed by atoms with Gasteiger partial charge in [0.1, 0.15) is 0 Å². The molecule has 0 N–H and O–H groups in total. The van der Waals surface area contributed by atoms with Gasteiger partial charge in [-0.3, -0.25) is 0 Å². The number of methoxy groups -OCH3 is 1. The molecule has 1 saturated heterocycles. The first kappa shape index (κ1) is 8.51. The van der Waals surface area contributed by atoms with E-state index in [1.165, 1.54) is 13.1 Å². The first-order valence-electron chi connectivity index (χ1n) is 3.73. The van der Waals surface area contributed by atoms with Gasteiger partial charge in [-0.25, -0.2) is 0 Å². The zero-order chi connectivity index (χ0) is 7.40. The van der Waals surface area contributed by atoms with E-state index < -0.39 is 0 Å². The van der Waals surface area contributed by atoms with Crippen molar-refractivity contribution in [3.63, 3.8) is 0 Å². The van der Waals surface area contributed by atoms with Crippen LogP contribution in [0.4, 0.5) is 0 Å². The molecule has 58 valence electrons. The molecule has 0 aromatic rings. The lowest BCUT2D eigenvalue weighted by Crippen LogP contribution is -2.30. The molecule has 1 aliphatic heterocycles. The molecule has 3 nitrogen and oxygen atoms in total. The summed E-state index contributed by atoms with van der Waals surface area (Å²) in [5, 5.41) is 0. The lowest BCUT2D eigenvalue weighted by Gasteiger charge is -2.12. The molecule has 0 bridgehead atoms. The number of ether oxygens (including phenoxy) is 1. The van der Waals surface area contributed by atoms with Crippen molar-refractivity contribution >= 4 is 15.7 Å². The minimum Gasteiger partial charge on any atom is -0.383 e. The van der Waals surface area contributed by atoms with Gasteiger partial charge in [0.05, 0.1) is 6.61 Å². The Morgan fingerprint density at radius 3 is 2.80 bits per heavy atom. The second-order valence-corrected chi connectivity index (χ2v) is 5.09. The summed E-state index contributed by atoms with van der Waals surface area (Å²) in [6.07, 6.45) is 0. The van der Waals surface area contributed by atoms with Gasteiger partial charge in [0.2, 0.25) is 0 Å². The predicted molar refractivity (Wildman–Crippen MR) is 43.2 cm³/mol. The zero-order valence-corrected chi connectivity index (χ0v) is 8.25. The Balaban J connectivity index is 2.06. The highest BCUT2D eigenvalue weighted by Gasteiger charge is 2.19. The van der Waals surface area contributed by atoms with Crippen LogP contribution in [0.1, 0.15) is 0 Å². The molecule has 0 aromatic heterocycles. The quantitative estimate of drug-likeness (QED) is 0.497. The lowest BCUT2D eigenvalue weighted by atomic mass is 10.6. The summed E-state index contributed by atoms with van der Waals surface area (Å²) < 4.78 is 9.99. The Bertz CT molecular complexity index is 102. The fourth-order valence-electron chi connectivity index (χ4n) is 1.20. The second-order valence-electron chi connectivity index (χ2n) is 2.83. The average Bonchev–Trinajstić information content (AvgIpc) is 2.31. The number of nitrogens with zero attached hydrogens (tertiary/aromatic N) is 2. The van der Waals surface area contributed by atoms with Crippen molar-refractivity contribution in [1.82, 2.24) is 7.77 Å². The van der Waals surface area contributed by atoms with Crippen LogP contribution in [-0.2, 0) is 4.74 Å². The third kappa shape index (κ3) is 2.57. The smallest absolute Gasteiger partial charge is 0.383 e. The van der Waals surface area contributed by atoms with Crippen molar-refractivity contribution in [3.05, 3.63) is 0 Å². The van der Waals surface area contributed by atoms with Crippen LogP contribution in [0.5, 0.6) is 0 Å². The highest BCUT2D eigenvalue weighted by Crippen LogP contribution is 1.97. The number of hydrogen-bond donors (Lipinski definition) is 0. The summed E-state index contributed by atoms with van der Waals surface area (Å²) in [4.78, 5) is 0. The van der Waals surface area contributed by atoms with Gasteiger partial charge in [-0.15, -0.1) is 0 Å². The van der Waals surface area contributed by atoms with Crippen molar-refractivity contribution in [3.8, 4) is 0 Å². The van der Waals surface area contributed by atoms with Crippen LogP contribution in [0.15, 0.2) is 0 Å². The van der Waals surface area contributed by atoms with Crippen molar-refractivity contribution in [2.75, 3.05) is 40.4 Å². The van der Waals surface area contributed by atoms with Crippen molar-refractivity contribution < 1.29 is 4.74 Å². The van der Waals surface area contributed by atoms with E-state index in [1.54, 1.807) is 7.11 Å². The molecule has 0 saturated carbocycles. The second kappa shape index (κ2) is 4.32. The van der Waals surface area contributed by atoms with Gasteiger partial charge in [-0.2, -0.15) is 0 Å². The van der Waals surface area contributed by atoms with Crippen LogP contribution in [0, 0.1) is 0 Å². The highest BCUT2D eigenvalue weighted by molar-refractivity contribution is 6.29. The molecular weight excluding hydrogens is 143 g/mol. The Morgan fingerprint density at radius 2 is 2.30 bits per heavy atom. The SMILES string of the molecule is COCC[N]1CC[N](C)[AlH]1. The summed E-state index contributed by atoms with van der Waals surface area (Å²) in [5.74, 6) is 0. The molecule has 4 heteroatoms. The van der Waals surface area contributed by atoms with Crippen LogP contribution in [0.25, 0.3) is 0 Å². The Hall–Kier alpha value is 0.412. The molecule has 0 atom stereocenters. The van der Waals surface area contributed by atoms with Crippen LogP contribution in [0.3, 0.4) is 0 Å². The third-order valence-corrected chi connectivity index (χ3v) is 3.68. The van der Waals surface area contributed by atoms with Crippen LogP contribution in [-0.4, -0.2) is 63.8 Å². The molecule has 0 spiro atoms. The number of rotatable bonds is 3. The zero-order valence-electron chi connectivity index (χ0n) is 6.84. The van der Waals surface area contributed by atoms with Crippen LogP contribution >= 0.6 is 0 Å². The fourth-order valence-corrected chi connectivity index (χ4v) is 2.72. The maximum Gasteiger partial charge on any atom is 0.463 e. The summed E-state index contributed by atoms with van der Waals surface area (Å²) >= 11 is -0.0521. The van der Waals surface area contributed by atoms with E-state index in [1.807, 2.05) is 0 Å². The minimum absolute atomic E-state index is 0.0521. The maximum absolute atomic E-state index is 5.00. The van der Waals surface area contributed by atoms with E-state index >= 15 is 0 Å². The number of likely N-dealkylation sites (N-methyl/N-ethyl adjacent to an activating group) is 1. The number of hydrogen-bond acceptors (Lipinski definition) is 3. The van der Waals surface area contributed by atoms with Crippen molar-refractivity contribution in [2.45, 2.75) is 0 Å². The average molecular weight is 158 g/mol. The molecule has 0 aromatic carbocycles. The Kier molecular flexibility index (Phi) is 3.68. The van der Waals surface area contributed by atoms with E-state index in [0.29, 0.717) is 0 Å². The van der Waals surface area contributed by atoms with Gasteiger partial charge in [-0.05, 0) is 20.1 Å². The summed E-state index contributed by atoms with van der Waals surface area (Å²) in [7, 11) is 3.97. The largest absolute Gasteiger partial charge is 0.463 e. The van der Waals surface area contributed by atoms with Crippen LogP contribution < -0.4 is 0 Å². The molecule has 1 aliphatic rings. The van der Waals surface area contributed by atoms with Crippen molar-refractivity contribution in [1.29, 1.82) is 0 Å². The van der Waals surface area contributed by atoms with E-state index in [4.69, 9.17) is 4.74 Å². The van der Waals surface area contributed by atoms with E-state index in [-0.39, 0.29) is 15.7 Å². The minimum atomic E-state index is -0.0521. The lowest BCUT2D eigenvalue weighted by molar-refractivity contribution is 0.182. The van der Waals surface area contributed by atoms with Gasteiger partial charge in [0, 0.05) is 13.7 Å². The molecule has 0 amide bonds. The van der Waals surface area contributed by atoms with Gasteiger partial charge in [0.25, 0.3) is 0 Å². The van der Waals surface area contributed by atoms with Gasteiger partial charge >= 0.3 is 15.7 Å². The van der Waals surface area contributed by atoms with Gasteiger partial charge in [0.15, 0.2) is 0 Å². The highest BCUT2D eigenvalue weighted by atomic mass is 27.1.